The van der Waals surface area contributed by atoms with Gasteiger partial charge in [0, 0.05) is 43.7 Å². The van der Waals surface area contributed by atoms with E-state index in [9.17, 15) is 13.2 Å². The number of amidine groups is 1. The topological polar surface area (TPSA) is 109 Å². The molecule has 1 saturated heterocycles. The van der Waals surface area contributed by atoms with Crippen molar-refractivity contribution < 1.29 is 18.0 Å². The van der Waals surface area contributed by atoms with Crippen molar-refractivity contribution in [3.05, 3.63) is 53.6 Å². The van der Waals surface area contributed by atoms with Crippen molar-refractivity contribution in [2.45, 2.75) is 31.6 Å². The third kappa shape index (κ3) is 6.15. The standard InChI is InChI=1S/C28H37N5O4S/c1-5-12-33(37-6-2)28(34)24-13-23-11-10-22(15-26(23)30-27(29)16-24)21-8-7-9-25(14-21)38(35,36)32-18-20(19-32)17-31(3)4/h7-11,13-15,20H,5-6,12,16-19H2,1-4H3,(H2,29,30). The summed E-state index contributed by atoms with van der Waals surface area (Å²) in [7, 11) is 0.426. The minimum Gasteiger partial charge on any atom is -0.387 e. The number of carbonyl (C=O) groups excluding carboxylic acids is 1. The van der Waals surface area contributed by atoms with E-state index >= 15 is 0 Å². The quantitative estimate of drug-likeness (QED) is 0.463. The summed E-state index contributed by atoms with van der Waals surface area (Å²) in [6, 6.07) is 12.6. The second-order valence-corrected chi connectivity index (χ2v) is 12.0. The van der Waals surface area contributed by atoms with E-state index < -0.39 is 10.0 Å². The highest BCUT2D eigenvalue weighted by Gasteiger charge is 2.36. The van der Waals surface area contributed by atoms with Gasteiger partial charge in [-0.1, -0.05) is 31.2 Å². The van der Waals surface area contributed by atoms with E-state index in [4.69, 9.17) is 10.6 Å². The number of carbonyl (C=O) groups is 1. The smallest absolute Gasteiger partial charge is 0.273 e. The lowest BCUT2D eigenvalue weighted by Crippen LogP contribution is -2.52. The van der Waals surface area contributed by atoms with Crippen LogP contribution in [0.3, 0.4) is 0 Å². The minimum absolute atomic E-state index is 0.217. The van der Waals surface area contributed by atoms with Gasteiger partial charge in [-0.2, -0.15) is 4.31 Å². The number of hydroxylamine groups is 2. The molecule has 2 aliphatic rings. The Balaban J connectivity index is 1.59. The lowest BCUT2D eigenvalue weighted by molar-refractivity contribution is -0.180. The zero-order chi connectivity index (χ0) is 27.4. The highest BCUT2D eigenvalue weighted by Crippen LogP contribution is 2.34. The third-order valence-corrected chi connectivity index (χ3v) is 8.39. The number of hydrogen-bond acceptors (Lipinski definition) is 7. The summed E-state index contributed by atoms with van der Waals surface area (Å²) < 4.78 is 28.0. The normalized spacial score (nSPS) is 16.3. The van der Waals surface area contributed by atoms with Gasteiger partial charge in [-0.3, -0.25) is 9.63 Å². The average Bonchev–Trinajstić information content (AvgIpc) is 3.02. The molecule has 0 bridgehead atoms. The summed E-state index contributed by atoms with van der Waals surface area (Å²) >= 11 is 0. The van der Waals surface area contributed by atoms with Crippen LogP contribution < -0.4 is 5.73 Å². The Bertz CT molecular complexity index is 1340. The zero-order valence-electron chi connectivity index (χ0n) is 22.6. The summed E-state index contributed by atoms with van der Waals surface area (Å²) in [5.41, 5.74) is 9.69. The van der Waals surface area contributed by atoms with Crippen LogP contribution in [0.15, 0.2) is 57.9 Å². The fraction of sp³-hybridized carbons (Fsp3) is 0.429. The number of rotatable bonds is 10. The fourth-order valence-corrected chi connectivity index (χ4v) is 6.43. The molecule has 0 unspecified atom stereocenters. The van der Waals surface area contributed by atoms with Crippen LogP contribution in [0.5, 0.6) is 0 Å². The molecule has 1 fully saturated rings. The van der Waals surface area contributed by atoms with E-state index in [0.717, 1.165) is 29.7 Å². The molecule has 0 spiro atoms. The molecular weight excluding hydrogens is 502 g/mol. The number of amides is 1. The number of sulfonamides is 1. The monoisotopic (exact) mass is 539 g/mol. The maximum Gasteiger partial charge on any atom is 0.273 e. The molecule has 38 heavy (non-hydrogen) atoms. The van der Waals surface area contributed by atoms with Crippen LogP contribution in [0, 0.1) is 5.92 Å². The van der Waals surface area contributed by atoms with Crippen LogP contribution in [0.4, 0.5) is 5.69 Å². The minimum atomic E-state index is -3.56. The molecule has 9 nitrogen and oxygen atoms in total. The first-order valence-electron chi connectivity index (χ1n) is 13.0. The van der Waals surface area contributed by atoms with E-state index in [1.807, 2.05) is 52.2 Å². The summed E-state index contributed by atoms with van der Waals surface area (Å²) in [6.07, 6.45) is 2.79. The van der Waals surface area contributed by atoms with Crippen LogP contribution >= 0.6 is 0 Å². The van der Waals surface area contributed by atoms with Crippen LogP contribution in [-0.4, -0.2) is 81.3 Å². The molecule has 204 valence electrons. The Morgan fingerprint density at radius 3 is 2.55 bits per heavy atom. The van der Waals surface area contributed by atoms with Gasteiger partial charge in [0.2, 0.25) is 10.0 Å². The molecule has 2 heterocycles. The molecule has 2 N–H and O–H groups in total. The first-order chi connectivity index (χ1) is 18.1. The number of fused-ring (bicyclic) bond motifs is 1. The van der Waals surface area contributed by atoms with Gasteiger partial charge in [-0.05, 0) is 68.8 Å². The van der Waals surface area contributed by atoms with Crippen molar-refractivity contribution in [3.63, 3.8) is 0 Å². The van der Waals surface area contributed by atoms with Gasteiger partial charge in [-0.15, -0.1) is 0 Å². The SMILES string of the molecule is CCCN(OCC)C(=O)C1=Cc2ccc(-c3cccc(S(=O)(=O)N4CC(CN(C)C)C4)c3)cc2N=C(N)C1. The molecule has 0 atom stereocenters. The van der Waals surface area contributed by atoms with Gasteiger partial charge in [-0.25, -0.2) is 18.5 Å². The average molecular weight is 540 g/mol. The number of hydrogen-bond donors (Lipinski definition) is 1. The van der Waals surface area contributed by atoms with Crippen molar-refractivity contribution >= 4 is 33.5 Å². The Morgan fingerprint density at radius 1 is 1.13 bits per heavy atom. The molecule has 0 saturated carbocycles. The summed E-state index contributed by atoms with van der Waals surface area (Å²) in [6.45, 7) is 6.64. The van der Waals surface area contributed by atoms with E-state index in [-0.39, 0.29) is 17.2 Å². The molecule has 2 aromatic carbocycles. The predicted octanol–water partition coefficient (Wildman–Crippen LogP) is 3.50. The number of benzene rings is 2. The second-order valence-electron chi connectivity index (χ2n) is 10.0. The van der Waals surface area contributed by atoms with Crippen LogP contribution in [-0.2, 0) is 19.7 Å². The Hall–Kier alpha value is -3.05. The van der Waals surface area contributed by atoms with Crippen LogP contribution in [0.2, 0.25) is 0 Å². The second kappa shape index (κ2) is 11.8. The highest BCUT2D eigenvalue weighted by molar-refractivity contribution is 7.89. The Kier molecular flexibility index (Phi) is 8.67. The first-order valence-corrected chi connectivity index (χ1v) is 14.4. The molecule has 2 aliphatic heterocycles. The van der Waals surface area contributed by atoms with Crippen molar-refractivity contribution in [1.29, 1.82) is 0 Å². The summed E-state index contributed by atoms with van der Waals surface area (Å²) in [4.78, 5) is 25.6. The number of nitrogens with zero attached hydrogens (tertiary/aromatic N) is 4. The number of nitrogens with two attached hydrogens (primary N) is 1. The maximum absolute atomic E-state index is 13.2. The first kappa shape index (κ1) is 28.0. The van der Waals surface area contributed by atoms with E-state index in [1.54, 1.807) is 24.3 Å². The molecule has 4 rings (SSSR count). The molecule has 10 heteroatoms. The van der Waals surface area contributed by atoms with Crippen LogP contribution in [0.25, 0.3) is 17.2 Å². The van der Waals surface area contributed by atoms with Crippen molar-refractivity contribution in [1.82, 2.24) is 14.3 Å². The van der Waals surface area contributed by atoms with E-state index in [2.05, 4.69) is 9.89 Å². The highest BCUT2D eigenvalue weighted by atomic mass is 32.2. The summed E-state index contributed by atoms with van der Waals surface area (Å²) in [5, 5.41) is 1.38. The summed E-state index contributed by atoms with van der Waals surface area (Å²) in [5.74, 6) is 0.457. The Labute approximate surface area is 225 Å². The molecular formula is C28H37N5O4S. The Morgan fingerprint density at radius 2 is 1.87 bits per heavy atom. The van der Waals surface area contributed by atoms with Crippen molar-refractivity contribution in [2.75, 3.05) is 46.9 Å². The van der Waals surface area contributed by atoms with Gasteiger partial charge in [0.15, 0.2) is 0 Å². The third-order valence-electron chi connectivity index (χ3n) is 6.56. The van der Waals surface area contributed by atoms with Gasteiger partial charge >= 0.3 is 0 Å². The number of aliphatic imine (C=N–C) groups is 1. The predicted molar refractivity (Wildman–Crippen MR) is 150 cm³/mol. The lowest BCUT2D eigenvalue weighted by atomic mass is 10.0. The van der Waals surface area contributed by atoms with Crippen molar-refractivity contribution in [2.24, 2.45) is 16.6 Å². The lowest BCUT2D eigenvalue weighted by Gasteiger charge is -2.39. The van der Waals surface area contributed by atoms with Gasteiger partial charge in [0.1, 0.15) is 5.84 Å². The fourth-order valence-electron chi connectivity index (χ4n) is 4.79. The zero-order valence-corrected chi connectivity index (χ0v) is 23.4. The molecule has 0 aliphatic carbocycles. The van der Waals surface area contributed by atoms with Crippen LogP contribution in [0.1, 0.15) is 32.3 Å². The molecule has 0 radical (unpaired) electrons. The molecule has 2 aromatic rings. The van der Waals surface area contributed by atoms with Gasteiger partial charge in [0.05, 0.1) is 17.2 Å². The maximum atomic E-state index is 13.2. The molecule has 0 aromatic heterocycles. The van der Waals surface area contributed by atoms with Gasteiger partial charge < -0.3 is 10.6 Å². The largest absolute Gasteiger partial charge is 0.387 e. The molecule has 1 amide bonds. The van der Waals surface area contributed by atoms with Gasteiger partial charge in [0.25, 0.3) is 5.91 Å². The van der Waals surface area contributed by atoms with E-state index in [0.29, 0.717) is 49.3 Å². The van der Waals surface area contributed by atoms with E-state index in [1.165, 1.54) is 9.37 Å². The van der Waals surface area contributed by atoms with Crippen molar-refractivity contribution in [3.8, 4) is 11.1 Å².